The van der Waals surface area contributed by atoms with E-state index >= 15 is 0 Å². The third kappa shape index (κ3) is 4.73. The zero-order chi connectivity index (χ0) is 19.9. The fraction of sp³-hybridized carbons (Fsp3) is 0.333. The predicted molar refractivity (Wildman–Crippen MR) is 108 cm³/mol. The van der Waals surface area contributed by atoms with E-state index in [1.54, 1.807) is 37.3 Å². The van der Waals surface area contributed by atoms with Gasteiger partial charge in [0.05, 0.1) is 14.2 Å². The van der Waals surface area contributed by atoms with Crippen LogP contribution in [0.1, 0.15) is 24.8 Å². The molecule has 3 rings (SSSR count). The zero-order valence-corrected chi connectivity index (χ0v) is 16.2. The van der Waals surface area contributed by atoms with Crippen LogP contribution < -0.4 is 25.0 Å². The number of piperidine rings is 1. The average molecular weight is 383 g/mol. The molecule has 0 atom stereocenters. The SMILES string of the molecule is COc1ccc(CNC(=O)Nc2ccc(N3CCCCC3=O)cc2)cc1OC. The molecule has 1 aliphatic heterocycles. The topological polar surface area (TPSA) is 79.9 Å². The van der Waals surface area contributed by atoms with E-state index in [9.17, 15) is 9.59 Å². The lowest BCUT2D eigenvalue weighted by atomic mass is 10.1. The van der Waals surface area contributed by atoms with Crippen molar-refractivity contribution in [1.82, 2.24) is 5.32 Å². The quantitative estimate of drug-likeness (QED) is 0.800. The van der Waals surface area contributed by atoms with E-state index in [1.807, 2.05) is 24.3 Å². The lowest BCUT2D eigenvalue weighted by Gasteiger charge is -2.26. The molecule has 0 bridgehead atoms. The van der Waals surface area contributed by atoms with E-state index in [0.29, 0.717) is 30.2 Å². The van der Waals surface area contributed by atoms with Crippen molar-refractivity contribution in [3.63, 3.8) is 0 Å². The van der Waals surface area contributed by atoms with E-state index in [-0.39, 0.29) is 11.9 Å². The van der Waals surface area contributed by atoms with Gasteiger partial charge in [-0.3, -0.25) is 4.79 Å². The number of nitrogens with zero attached hydrogens (tertiary/aromatic N) is 1. The summed E-state index contributed by atoms with van der Waals surface area (Å²) in [6, 6.07) is 12.5. The lowest BCUT2D eigenvalue weighted by Crippen LogP contribution is -2.35. The maximum atomic E-state index is 12.2. The first-order valence-electron chi connectivity index (χ1n) is 9.27. The van der Waals surface area contributed by atoms with Crippen molar-refractivity contribution in [3.05, 3.63) is 48.0 Å². The number of rotatable bonds is 6. The molecule has 1 saturated heterocycles. The van der Waals surface area contributed by atoms with Crippen LogP contribution in [0.15, 0.2) is 42.5 Å². The number of benzene rings is 2. The zero-order valence-electron chi connectivity index (χ0n) is 16.2. The first-order chi connectivity index (χ1) is 13.6. The number of nitrogens with one attached hydrogen (secondary N) is 2. The van der Waals surface area contributed by atoms with Gasteiger partial charge in [0, 0.05) is 30.9 Å². The summed E-state index contributed by atoms with van der Waals surface area (Å²) in [7, 11) is 3.15. The molecule has 2 N–H and O–H groups in total. The van der Waals surface area contributed by atoms with Crippen molar-refractivity contribution in [2.45, 2.75) is 25.8 Å². The molecule has 7 heteroatoms. The molecule has 2 aromatic rings. The highest BCUT2D eigenvalue weighted by Gasteiger charge is 2.19. The normalized spacial score (nSPS) is 13.8. The Labute approximate surface area is 164 Å². The van der Waals surface area contributed by atoms with Gasteiger partial charge in [-0.15, -0.1) is 0 Å². The van der Waals surface area contributed by atoms with Crippen LogP contribution in [0.5, 0.6) is 11.5 Å². The molecule has 3 amide bonds. The Morgan fingerprint density at radius 2 is 1.79 bits per heavy atom. The number of amides is 3. The van der Waals surface area contributed by atoms with Crippen molar-refractivity contribution in [2.75, 3.05) is 31.0 Å². The Balaban J connectivity index is 1.54. The third-order valence-electron chi connectivity index (χ3n) is 4.66. The van der Waals surface area contributed by atoms with E-state index < -0.39 is 0 Å². The highest BCUT2D eigenvalue weighted by Crippen LogP contribution is 2.27. The molecule has 0 spiro atoms. The number of carbonyl (C=O) groups is 2. The molecular formula is C21H25N3O4. The predicted octanol–water partition coefficient (Wildman–Crippen LogP) is 3.54. The van der Waals surface area contributed by atoms with Gasteiger partial charge in [0.2, 0.25) is 5.91 Å². The van der Waals surface area contributed by atoms with Crippen LogP contribution in [-0.2, 0) is 11.3 Å². The van der Waals surface area contributed by atoms with E-state index in [2.05, 4.69) is 10.6 Å². The molecule has 0 aromatic heterocycles. The fourth-order valence-corrected chi connectivity index (χ4v) is 3.15. The maximum absolute atomic E-state index is 12.2. The van der Waals surface area contributed by atoms with Crippen LogP contribution in [-0.4, -0.2) is 32.7 Å². The molecule has 1 aliphatic rings. The minimum Gasteiger partial charge on any atom is -0.493 e. The second kappa shape index (κ2) is 9.12. The number of carbonyl (C=O) groups excluding carboxylic acids is 2. The summed E-state index contributed by atoms with van der Waals surface area (Å²) < 4.78 is 10.5. The van der Waals surface area contributed by atoms with Crippen LogP contribution in [0, 0.1) is 0 Å². The van der Waals surface area contributed by atoms with Crippen molar-refractivity contribution in [1.29, 1.82) is 0 Å². The third-order valence-corrected chi connectivity index (χ3v) is 4.66. The Morgan fingerprint density at radius 3 is 2.46 bits per heavy atom. The Hall–Kier alpha value is -3.22. The number of anilines is 2. The van der Waals surface area contributed by atoms with Gasteiger partial charge in [0.1, 0.15) is 0 Å². The van der Waals surface area contributed by atoms with Crippen LogP contribution in [0.4, 0.5) is 16.2 Å². The van der Waals surface area contributed by atoms with Gasteiger partial charge >= 0.3 is 6.03 Å². The second-order valence-electron chi connectivity index (χ2n) is 6.55. The minimum atomic E-state index is -0.309. The lowest BCUT2D eigenvalue weighted by molar-refractivity contribution is -0.119. The van der Waals surface area contributed by atoms with Crippen molar-refractivity contribution in [3.8, 4) is 11.5 Å². The molecule has 2 aromatic carbocycles. The van der Waals surface area contributed by atoms with Crippen LogP contribution in [0.25, 0.3) is 0 Å². The van der Waals surface area contributed by atoms with Gasteiger partial charge < -0.3 is 25.0 Å². The molecule has 7 nitrogen and oxygen atoms in total. The van der Waals surface area contributed by atoms with Gasteiger partial charge in [0.25, 0.3) is 0 Å². The largest absolute Gasteiger partial charge is 0.493 e. The number of urea groups is 1. The van der Waals surface area contributed by atoms with Gasteiger partial charge in [-0.2, -0.15) is 0 Å². The van der Waals surface area contributed by atoms with E-state index in [0.717, 1.165) is 30.6 Å². The van der Waals surface area contributed by atoms with Crippen molar-refractivity contribution < 1.29 is 19.1 Å². The van der Waals surface area contributed by atoms with Crippen LogP contribution in [0.2, 0.25) is 0 Å². The number of hydrogen-bond donors (Lipinski definition) is 2. The molecule has 0 aliphatic carbocycles. The van der Waals surface area contributed by atoms with Crippen molar-refractivity contribution >= 4 is 23.3 Å². The monoisotopic (exact) mass is 383 g/mol. The summed E-state index contributed by atoms with van der Waals surface area (Å²) in [4.78, 5) is 25.9. The molecular weight excluding hydrogens is 358 g/mol. The molecule has 28 heavy (non-hydrogen) atoms. The smallest absolute Gasteiger partial charge is 0.319 e. The van der Waals surface area contributed by atoms with Gasteiger partial charge in [0.15, 0.2) is 11.5 Å². The van der Waals surface area contributed by atoms with E-state index in [4.69, 9.17) is 9.47 Å². The van der Waals surface area contributed by atoms with Crippen LogP contribution in [0.3, 0.4) is 0 Å². The molecule has 0 saturated carbocycles. The number of ether oxygens (including phenoxy) is 2. The Kier molecular flexibility index (Phi) is 6.37. The Bertz CT molecular complexity index is 836. The second-order valence-corrected chi connectivity index (χ2v) is 6.55. The molecule has 0 unspecified atom stereocenters. The van der Waals surface area contributed by atoms with Gasteiger partial charge in [-0.05, 0) is 54.8 Å². The Morgan fingerprint density at radius 1 is 1.04 bits per heavy atom. The van der Waals surface area contributed by atoms with E-state index in [1.165, 1.54) is 0 Å². The molecule has 0 radical (unpaired) electrons. The standard InChI is InChI=1S/C21H25N3O4/c1-27-18-11-6-15(13-19(18)28-2)14-22-21(26)23-16-7-9-17(10-8-16)24-12-4-3-5-20(24)25/h6-11,13H,3-5,12,14H2,1-2H3,(H2,22,23,26). The summed E-state index contributed by atoms with van der Waals surface area (Å²) in [5.41, 5.74) is 2.42. The minimum absolute atomic E-state index is 0.152. The molecule has 1 heterocycles. The van der Waals surface area contributed by atoms with Crippen molar-refractivity contribution in [2.24, 2.45) is 0 Å². The summed E-state index contributed by atoms with van der Waals surface area (Å²) >= 11 is 0. The highest BCUT2D eigenvalue weighted by atomic mass is 16.5. The fourth-order valence-electron chi connectivity index (χ4n) is 3.15. The summed E-state index contributed by atoms with van der Waals surface area (Å²) in [5, 5.41) is 5.61. The molecule has 148 valence electrons. The van der Waals surface area contributed by atoms with Gasteiger partial charge in [-0.25, -0.2) is 4.79 Å². The molecule has 1 fully saturated rings. The average Bonchev–Trinajstić information content (AvgIpc) is 2.73. The first kappa shape index (κ1) is 19.5. The van der Waals surface area contributed by atoms with Gasteiger partial charge in [-0.1, -0.05) is 6.07 Å². The highest BCUT2D eigenvalue weighted by molar-refractivity contribution is 5.94. The van der Waals surface area contributed by atoms with Crippen LogP contribution >= 0.6 is 0 Å². The first-order valence-corrected chi connectivity index (χ1v) is 9.27. The number of methoxy groups -OCH3 is 2. The summed E-state index contributed by atoms with van der Waals surface area (Å²) in [6.07, 6.45) is 2.57. The maximum Gasteiger partial charge on any atom is 0.319 e. The summed E-state index contributed by atoms with van der Waals surface area (Å²) in [6.45, 7) is 1.10. The summed E-state index contributed by atoms with van der Waals surface area (Å²) in [5.74, 6) is 1.41. The number of hydrogen-bond acceptors (Lipinski definition) is 4.